The maximum absolute atomic E-state index is 11.9. The lowest BCUT2D eigenvalue weighted by atomic mass is 10.1. The van der Waals surface area contributed by atoms with Gasteiger partial charge in [-0.3, -0.25) is 19.6 Å². The van der Waals surface area contributed by atoms with Gasteiger partial charge in [-0.05, 0) is 12.8 Å². The molecule has 4 bridgehead atoms. The molecule has 0 aliphatic carbocycles. The molecule has 6 aliphatic heterocycles. The monoisotopic (exact) mass is 452 g/mol. The molecule has 0 radical (unpaired) electrons. The van der Waals surface area contributed by atoms with Crippen LogP contribution in [0.15, 0.2) is 0 Å². The molecule has 0 spiro atoms. The highest BCUT2D eigenvalue weighted by atomic mass is 16.6. The predicted octanol–water partition coefficient (Wildman–Crippen LogP) is -0.00120. The Balaban J connectivity index is 0.934. The van der Waals surface area contributed by atoms with E-state index in [-0.39, 0.29) is 12.2 Å². The number of hydrogen-bond donors (Lipinski definition) is 2. The summed E-state index contributed by atoms with van der Waals surface area (Å²) in [6, 6.07) is 0.686. The van der Waals surface area contributed by atoms with Crippen molar-refractivity contribution in [2.45, 2.75) is 37.8 Å². The predicted molar refractivity (Wildman–Crippen MR) is 121 cm³/mol. The minimum absolute atomic E-state index is 0.314. The summed E-state index contributed by atoms with van der Waals surface area (Å²) < 4.78 is 10.8. The van der Waals surface area contributed by atoms with Gasteiger partial charge in [-0.2, -0.15) is 0 Å². The van der Waals surface area contributed by atoms with Crippen molar-refractivity contribution in [1.82, 2.24) is 30.2 Å². The van der Waals surface area contributed by atoms with Crippen LogP contribution in [0.5, 0.6) is 0 Å². The number of hydrogen-bond acceptors (Lipinski definition) is 8. The highest BCUT2D eigenvalue weighted by molar-refractivity contribution is 5.67. The zero-order chi connectivity index (χ0) is 22.2. The molecule has 10 heteroatoms. The number of amides is 2. The minimum atomic E-state index is -0.314. The number of unbranched alkanes of at least 4 members (excludes halogenated alkanes) is 3. The summed E-state index contributed by atoms with van der Waals surface area (Å²) in [5.74, 6) is 0. The molecule has 0 aromatic rings. The molecule has 2 unspecified atom stereocenters. The van der Waals surface area contributed by atoms with Gasteiger partial charge >= 0.3 is 12.2 Å². The third kappa shape index (κ3) is 6.94. The smallest absolute Gasteiger partial charge is 0.407 e. The average Bonchev–Trinajstić information content (AvgIpc) is 2.84. The summed E-state index contributed by atoms with van der Waals surface area (Å²) >= 11 is 0. The minimum Gasteiger partial charge on any atom is -0.448 e. The van der Waals surface area contributed by atoms with E-state index in [4.69, 9.17) is 9.47 Å². The fraction of sp³-hybridized carbons (Fsp3) is 0.909. The molecular formula is C22H40N6O4. The van der Waals surface area contributed by atoms with Crippen LogP contribution in [-0.2, 0) is 9.47 Å². The molecule has 2 atom stereocenters. The summed E-state index contributed by atoms with van der Waals surface area (Å²) in [4.78, 5) is 33.5. The van der Waals surface area contributed by atoms with Crippen molar-refractivity contribution < 1.29 is 19.1 Å². The van der Waals surface area contributed by atoms with Crippen LogP contribution in [0.25, 0.3) is 0 Å². The molecule has 6 saturated heterocycles. The van der Waals surface area contributed by atoms with Crippen LogP contribution in [0.4, 0.5) is 9.59 Å². The molecule has 0 aromatic heterocycles. The van der Waals surface area contributed by atoms with Crippen molar-refractivity contribution in [2.24, 2.45) is 0 Å². The van der Waals surface area contributed by atoms with Gasteiger partial charge in [-0.1, -0.05) is 12.8 Å². The van der Waals surface area contributed by atoms with Crippen molar-refractivity contribution in [3.05, 3.63) is 0 Å². The number of ether oxygens (including phenoxy) is 2. The number of fused-ring (bicyclic) bond motifs is 6. The van der Waals surface area contributed by atoms with E-state index in [2.05, 4.69) is 30.2 Å². The number of nitrogens with zero attached hydrogens (tertiary/aromatic N) is 4. The van der Waals surface area contributed by atoms with Gasteiger partial charge in [0.25, 0.3) is 0 Å². The molecule has 0 aromatic carbocycles. The van der Waals surface area contributed by atoms with Crippen LogP contribution < -0.4 is 10.6 Å². The van der Waals surface area contributed by atoms with Crippen molar-refractivity contribution in [2.75, 3.05) is 91.8 Å². The zero-order valence-electron chi connectivity index (χ0n) is 19.3. The van der Waals surface area contributed by atoms with Crippen LogP contribution in [0.1, 0.15) is 25.7 Å². The Bertz CT molecular complexity index is 555. The Hall–Kier alpha value is -1.62. The van der Waals surface area contributed by atoms with Gasteiger partial charge in [0.1, 0.15) is 13.2 Å². The van der Waals surface area contributed by atoms with Crippen LogP contribution in [0, 0.1) is 0 Å². The van der Waals surface area contributed by atoms with Gasteiger partial charge < -0.3 is 20.1 Å². The second-order valence-electron chi connectivity index (χ2n) is 9.45. The standard InChI is InChI=1S/C22H40N6O4/c29-21(31-17-19-15-25-7-11-27(19)12-8-25)23-5-3-1-2-4-6-24-22(30)32-18-20-16-26-9-13-28(20)14-10-26/h19-20H,1-18H2,(H,23,29)(H,24,30). The zero-order valence-corrected chi connectivity index (χ0v) is 19.3. The Kier molecular flexibility index (Phi) is 8.84. The lowest BCUT2D eigenvalue weighted by Crippen LogP contribution is -2.62. The van der Waals surface area contributed by atoms with Crippen molar-refractivity contribution in [3.63, 3.8) is 0 Å². The van der Waals surface area contributed by atoms with Gasteiger partial charge in [0.15, 0.2) is 0 Å². The third-order valence-electron chi connectivity index (χ3n) is 7.24. The second kappa shape index (κ2) is 12.0. The summed E-state index contributed by atoms with van der Waals surface area (Å²) in [7, 11) is 0. The highest BCUT2D eigenvalue weighted by Crippen LogP contribution is 2.16. The first-order valence-corrected chi connectivity index (χ1v) is 12.4. The Morgan fingerprint density at radius 3 is 1.38 bits per heavy atom. The average molecular weight is 453 g/mol. The molecule has 6 heterocycles. The highest BCUT2D eigenvalue weighted by Gasteiger charge is 2.33. The first-order valence-electron chi connectivity index (χ1n) is 12.4. The first kappa shape index (κ1) is 23.5. The largest absolute Gasteiger partial charge is 0.448 e. The fourth-order valence-electron chi connectivity index (χ4n) is 5.20. The molecule has 10 nitrogen and oxygen atoms in total. The Morgan fingerprint density at radius 1 is 0.625 bits per heavy atom. The molecule has 2 N–H and O–H groups in total. The molecular weight excluding hydrogens is 412 g/mol. The number of rotatable bonds is 11. The van der Waals surface area contributed by atoms with Crippen LogP contribution in [0.2, 0.25) is 0 Å². The third-order valence-corrected chi connectivity index (χ3v) is 7.24. The number of carbonyl (C=O) groups excluding carboxylic acids is 2. The van der Waals surface area contributed by atoms with E-state index >= 15 is 0 Å². The molecule has 6 aliphatic rings. The van der Waals surface area contributed by atoms with Gasteiger partial charge in [-0.15, -0.1) is 0 Å². The van der Waals surface area contributed by atoms with Crippen LogP contribution >= 0.6 is 0 Å². The van der Waals surface area contributed by atoms with E-state index in [0.29, 0.717) is 38.4 Å². The summed E-state index contributed by atoms with van der Waals surface area (Å²) in [6.45, 7) is 13.1. The fourth-order valence-corrected chi connectivity index (χ4v) is 5.20. The summed E-state index contributed by atoms with van der Waals surface area (Å²) in [5.41, 5.74) is 0. The van der Waals surface area contributed by atoms with Crippen molar-refractivity contribution >= 4 is 12.2 Å². The van der Waals surface area contributed by atoms with Gasteiger partial charge in [0.05, 0.1) is 12.1 Å². The van der Waals surface area contributed by atoms with E-state index in [9.17, 15) is 9.59 Å². The number of piperazine rings is 6. The SMILES string of the molecule is O=C(NCCCCCCNC(=O)OCC1CN2CCN1CC2)OCC1CN2CCN1CC2. The normalized spacial score (nSPS) is 33.0. The molecule has 0 saturated carbocycles. The number of nitrogens with one attached hydrogen (secondary N) is 2. The molecule has 32 heavy (non-hydrogen) atoms. The number of alkyl carbamates (subject to hydrolysis) is 2. The van der Waals surface area contributed by atoms with Crippen LogP contribution in [-0.4, -0.2) is 136 Å². The van der Waals surface area contributed by atoms with E-state index in [1.807, 2.05) is 0 Å². The summed E-state index contributed by atoms with van der Waals surface area (Å²) in [6.07, 6.45) is 3.22. The molecule has 2 amide bonds. The lowest BCUT2D eigenvalue weighted by Gasteiger charge is -2.47. The van der Waals surface area contributed by atoms with Gasteiger partial charge in [-0.25, -0.2) is 9.59 Å². The molecule has 6 fully saturated rings. The number of carbonyl (C=O) groups is 2. The van der Waals surface area contributed by atoms with E-state index < -0.39 is 0 Å². The van der Waals surface area contributed by atoms with Crippen LogP contribution in [0.3, 0.4) is 0 Å². The topological polar surface area (TPSA) is 89.6 Å². The van der Waals surface area contributed by atoms with Crippen molar-refractivity contribution in [1.29, 1.82) is 0 Å². The summed E-state index contributed by atoms with van der Waals surface area (Å²) in [5, 5.41) is 5.69. The van der Waals surface area contributed by atoms with Gasteiger partial charge in [0, 0.05) is 78.5 Å². The quantitative estimate of drug-likeness (QED) is 0.424. The van der Waals surface area contributed by atoms with Gasteiger partial charge in [0.2, 0.25) is 0 Å². The van der Waals surface area contributed by atoms with Crippen molar-refractivity contribution in [3.8, 4) is 0 Å². The van der Waals surface area contributed by atoms with E-state index in [0.717, 1.165) is 91.1 Å². The second-order valence-corrected chi connectivity index (χ2v) is 9.45. The van der Waals surface area contributed by atoms with E-state index in [1.54, 1.807) is 0 Å². The first-order chi connectivity index (χ1) is 15.7. The Morgan fingerprint density at radius 2 is 1.03 bits per heavy atom. The van der Waals surface area contributed by atoms with E-state index in [1.165, 1.54) is 0 Å². The lowest BCUT2D eigenvalue weighted by molar-refractivity contribution is -0.0146. The maximum Gasteiger partial charge on any atom is 0.407 e. The molecule has 6 rings (SSSR count). The Labute approximate surface area is 191 Å². The molecule has 182 valence electrons. The maximum atomic E-state index is 11.9.